The zero-order chi connectivity index (χ0) is 11.3. The largest absolute Gasteiger partial charge is 0.481 e. The number of hydrogen-bond donors (Lipinski definition) is 1. The van der Waals surface area contributed by atoms with Gasteiger partial charge in [-0.05, 0) is 11.3 Å². The molecule has 1 aliphatic carbocycles. The van der Waals surface area contributed by atoms with E-state index >= 15 is 0 Å². The third-order valence-corrected chi connectivity index (χ3v) is 7.38. The van der Waals surface area contributed by atoms with Crippen LogP contribution in [-0.4, -0.2) is 18.0 Å². The number of alkyl halides is 4. The molecule has 1 N–H and O–H groups in total. The molecule has 6 heteroatoms. The Hall–Kier alpha value is 1.39. The molecule has 0 aromatic rings. The van der Waals surface area contributed by atoms with Crippen molar-refractivity contribution >= 4 is 69.7 Å². The lowest BCUT2D eigenvalue weighted by atomic mass is 10.1. The van der Waals surface area contributed by atoms with E-state index in [9.17, 15) is 4.79 Å². The van der Waals surface area contributed by atoms with Crippen LogP contribution >= 0.6 is 63.7 Å². The minimum atomic E-state index is -0.721. The molecule has 3 atom stereocenters. The molecule has 2 nitrogen and oxygen atoms in total. The van der Waals surface area contributed by atoms with Gasteiger partial charge in [0.1, 0.15) is 2.14 Å². The smallest absolute Gasteiger partial charge is 0.307 e. The average Bonchev–Trinajstić information content (AvgIpc) is 2.49. The van der Waals surface area contributed by atoms with E-state index in [-0.39, 0.29) is 22.1 Å². The van der Waals surface area contributed by atoms with Crippen LogP contribution in [0.4, 0.5) is 0 Å². The quantitative estimate of drug-likeness (QED) is 0.638. The first-order valence-electron chi connectivity index (χ1n) is 4.03. The fraction of sp³-hybridized carbons (Fsp3) is 0.875. The number of carboxylic acids is 1. The molecular weight excluding hydrogens is 448 g/mol. The van der Waals surface area contributed by atoms with Crippen molar-refractivity contribution in [1.29, 1.82) is 0 Å². The van der Waals surface area contributed by atoms with E-state index in [0.717, 1.165) is 0 Å². The molecule has 2 unspecified atom stereocenters. The van der Waals surface area contributed by atoms with Crippen LogP contribution in [-0.2, 0) is 4.79 Å². The average molecular weight is 458 g/mol. The summed E-state index contributed by atoms with van der Waals surface area (Å²) in [7, 11) is 0. The van der Waals surface area contributed by atoms with Gasteiger partial charge in [-0.25, -0.2) is 0 Å². The Morgan fingerprint density at radius 2 is 1.86 bits per heavy atom. The first kappa shape index (κ1) is 13.5. The van der Waals surface area contributed by atoms with Crippen molar-refractivity contribution in [1.82, 2.24) is 0 Å². The Morgan fingerprint density at radius 1 is 1.43 bits per heavy atom. The van der Waals surface area contributed by atoms with Gasteiger partial charge in [0.2, 0.25) is 0 Å². The van der Waals surface area contributed by atoms with E-state index in [0.29, 0.717) is 0 Å². The first-order chi connectivity index (χ1) is 6.10. The maximum absolute atomic E-state index is 11.0. The maximum Gasteiger partial charge on any atom is 0.307 e. The van der Waals surface area contributed by atoms with Gasteiger partial charge in [0.25, 0.3) is 0 Å². The highest BCUT2D eigenvalue weighted by atomic mass is 80.0. The molecule has 1 fully saturated rings. The molecule has 1 rings (SSSR count). The van der Waals surface area contributed by atoms with Crippen LogP contribution in [0.15, 0.2) is 0 Å². The van der Waals surface area contributed by atoms with Crippen molar-refractivity contribution in [2.75, 3.05) is 0 Å². The van der Waals surface area contributed by atoms with Gasteiger partial charge in [0.15, 0.2) is 0 Å². The summed E-state index contributed by atoms with van der Waals surface area (Å²) >= 11 is 13.7. The van der Waals surface area contributed by atoms with Crippen LogP contribution in [0.3, 0.4) is 0 Å². The van der Waals surface area contributed by atoms with Gasteiger partial charge in [-0.3, -0.25) is 4.79 Å². The second kappa shape index (κ2) is 4.00. The third-order valence-electron chi connectivity index (χ3n) is 2.80. The lowest BCUT2D eigenvalue weighted by molar-refractivity contribution is -0.139. The van der Waals surface area contributed by atoms with Crippen molar-refractivity contribution in [2.45, 2.75) is 20.8 Å². The molecular formula is C8H10Br4O2. The molecule has 0 bridgehead atoms. The second-order valence-electron chi connectivity index (χ2n) is 4.11. The normalized spacial score (nSPS) is 32.4. The topological polar surface area (TPSA) is 37.3 Å². The summed E-state index contributed by atoms with van der Waals surface area (Å²) in [4.78, 5) is 11.0. The molecule has 0 heterocycles. The fourth-order valence-electron chi connectivity index (χ4n) is 1.90. The van der Waals surface area contributed by atoms with Gasteiger partial charge in [0, 0.05) is 0 Å². The third kappa shape index (κ3) is 2.38. The number of aliphatic carboxylic acids is 1. The second-order valence-corrected chi connectivity index (χ2v) is 12.0. The van der Waals surface area contributed by atoms with Crippen molar-refractivity contribution in [2.24, 2.45) is 17.3 Å². The van der Waals surface area contributed by atoms with Gasteiger partial charge < -0.3 is 5.11 Å². The Balaban J connectivity index is 2.79. The lowest BCUT2D eigenvalue weighted by Crippen LogP contribution is -2.22. The number of carbonyl (C=O) groups is 1. The summed E-state index contributed by atoms with van der Waals surface area (Å²) in [5, 5.41) is 9.01. The van der Waals surface area contributed by atoms with Crippen LogP contribution in [0, 0.1) is 17.3 Å². The highest BCUT2D eigenvalue weighted by Gasteiger charge is 2.66. The van der Waals surface area contributed by atoms with E-state index in [4.69, 9.17) is 5.11 Å². The monoisotopic (exact) mass is 454 g/mol. The number of carboxylic acid groups (broad SMARTS) is 1. The van der Waals surface area contributed by atoms with E-state index in [1.165, 1.54) is 0 Å². The molecule has 82 valence electrons. The molecule has 0 spiro atoms. The van der Waals surface area contributed by atoms with Crippen LogP contribution in [0.5, 0.6) is 0 Å². The summed E-state index contributed by atoms with van der Waals surface area (Å²) in [5.41, 5.74) is -0.152. The van der Waals surface area contributed by atoms with Gasteiger partial charge in [-0.1, -0.05) is 77.6 Å². The fourth-order valence-corrected chi connectivity index (χ4v) is 3.74. The first-order valence-corrected chi connectivity index (χ1v) is 7.33. The number of hydrogen-bond acceptors (Lipinski definition) is 1. The van der Waals surface area contributed by atoms with E-state index in [1.807, 2.05) is 13.8 Å². The summed E-state index contributed by atoms with van der Waals surface area (Å²) in [6.07, 6.45) is 0. The molecule has 0 aromatic carbocycles. The SMILES string of the molecule is CC1(C)C(C(Br)C(Br)(Br)Br)[C@H]1C(=O)O. The van der Waals surface area contributed by atoms with Crippen molar-refractivity contribution < 1.29 is 9.90 Å². The standard InChI is InChI=1S/C8H10Br4O2/c1-7(2)3(4(7)6(13)14)5(9)8(10,11)12/h3-5H,1-2H3,(H,13,14)/t3?,4-,5?/m0/s1. The predicted molar refractivity (Wildman–Crippen MR) is 70.6 cm³/mol. The molecule has 0 aliphatic heterocycles. The van der Waals surface area contributed by atoms with Gasteiger partial charge >= 0.3 is 5.97 Å². The molecule has 14 heavy (non-hydrogen) atoms. The molecule has 0 aromatic heterocycles. The lowest BCUT2D eigenvalue weighted by Gasteiger charge is -2.20. The minimum absolute atomic E-state index is 0.0195. The van der Waals surface area contributed by atoms with Crippen molar-refractivity contribution in [3.8, 4) is 0 Å². The molecule has 0 radical (unpaired) electrons. The maximum atomic E-state index is 11.0. The molecule has 1 saturated carbocycles. The highest BCUT2D eigenvalue weighted by Crippen LogP contribution is 2.65. The van der Waals surface area contributed by atoms with Crippen LogP contribution in [0.2, 0.25) is 0 Å². The zero-order valence-corrected chi connectivity index (χ0v) is 13.9. The van der Waals surface area contributed by atoms with Crippen LogP contribution in [0.1, 0.15) is 13.8 Å². The summed E-state index contributed by atoms with van der Waals surface area (Å²) < 4.78 is -0.445. The molecule has 0 amide bonds. The zero-order valence-electron chi connectivity index (χ0n) is 7.60. The van der Waals surface area contributed by atoms with Gasteiger partial charge in [-0.15, -0.1) is 0 Å². The summed E-state index contributed by atoms with van der Waals surface area (Å²) in [6, 6.07) is 0. The van der Waals surface area contributed by atoms with Crippen molar-refractivity contribution in [3.63, 3.8) is 0 Å². The number of rotatable bonds is 2. The Labute approximate surface area is 117 Å². The van der Waals surface area contributed by atoms with Gasteiger partial charge in [0.05, 0.1) is 10.7 Å². The van der Waals surface area contributed by atoms with E-state index in [1.54, 1.807) is 0 Å². The summed E-state index contributed by atoms with van der Waals surface area (Å²) in [6.45, 7) is 3.95. The van der Waals surface area contributed by atoms with Crippen LogP contribution < -0.4 is 0 Å². The van der Waals surface area contributed by atoms with Crippen molar-refractivity contribution in [3.05, 3.63) is 0 Å². The Morgan fingerprint density at radius 3 is 2.07 bits per heavy atom. The van der Waals surface area contributed by atoms with E-state index < -0.39 is 8.11 Å². The molecule has 1 aliphatic rings. The van der Waals surface area contributed by atoms with Crippen LogP contribution in [0.25, 0.3) is 0 Å². The predicted octanol–water partition coefficient (Wildman–Crippen LogP) is 3.95. The Kier molecular flexibility index (Phi) is 3.85. The minimum Gasteiger partial charge on any atom is -0.481 e. The molecule has 0 saturated heterocycles. The number of halogens is 4. The van der Waals surface area contributed by atoms with Gasteiger partial charge in [-0.2, -0.15) is 0 Å². The Bertz CT molecular complexity index is 259. The summed E-state index contributed by atoms with van der Waals surface area (Å²) in [5.74, 6) is -0.891. The highest BCUT2D eigenvalue weighted by molar-refractivity contribution is 9.40. The van der Waals surface area contributed by atoms with E-state index in [2.05, 4.69) is 63.7 Å².